The number of hydrogen-bond donors (Lipinski definition) is 1. The topological polar surface area (TPSA) is 55.1 Å². The maximum absolute atomic E-state index is 12.5. The Hall–Kier alpha value is -2.10. The molecule has 0 fully saturated rings. The maximum atomic E-state index is 12.5. The number of aryl methyl sites for hydroxylation is 2. The van der Waals surface area contributed by atoms with Gasteiger partial charge in [-0.3, -0.25) is 4.79 Å². The molecule has 4 nitrogen and oxygen atoms in total. The zero-order chi connectivity index (χ0) is 16.1. The van der Waals surface area contributed by atoms with Crippen LogP contribution in [0.25, 0.3) is 0 Å². The fourth-order valence-electron chi connectivity index (χ4n) is 3.13. The summed E-state index contributed by atoms with van der Waals surface area (Å²) in [7, 11) is 0. The molecule has 0 spiro atoms. The minimum Gasteiger partial charge on any atom is -0.360 e. The van der Waals surface area contributed by atoms with Crippen LogP contribution in [-0.2, 0) is 19.3 Å². The van der Waals surface area contributed by atoms with Gasteiger partial charge in [0.05, 0.1) is 0 Å². The van der Waals surface area contributed by atoms with E-state index in [-0.39, 0.29) is 11.9 Å². The second kappa shape index (κ2) is 7.44. The lowest BCUT2D eigenvalue weighted by Gasteiger charge is -2.13. The van der Waals surface area contributed by atoms with E-state index in [1.165, 1.54) is 12.0 Å². The van der Waals surface area contributed by atoms with Crippen molar-refractivity contribution in [3.05, 3.63) is 52.9 Å². The number of nitrogens with zero attached hydrogens (tertiary/aromatic N) is 1. The number of rotatable bonds is 5. The fraction of sp³-hybridized carbons (Fsp3) is 0.474. The van der Waals surface area contributed by atoms with E-state index in [1.807, 2.05) is 25.1 Å². The second-order valence-electron chi connectivity index (χ2n) is 6.39. The van der Waals surface area contributed by atoms with E-state index in [9.17, 15) is 4.79 Å². The van der Waals surface area contributed by atoms with Crippen molar-refractivity contribution >= 4 is 5.91 Å². The van der Waals surface area contributed by atoms with Crippen molar-refractivity contribution in [1.29, 1.82) is 0 Å². The maximum Gasteiger partial charge on any atom is 0.273 e. The first-order valence-corrected chi connectivity index (χ1v) is 8.56. The van der Waals surface area contributed by atoms with Crippen LogP contribution in [-0.4, -0.2) is 17.1 Å². The Kier molecular flexibility index (Phi) is 5.11. The summed E-state index contributed by atoms with van der Waals surface area (Å²) in [5.41, 5.74) is 2.81. The fourth-order valence-corrected chi connectivity index (χ4v) is 3.13. The molecule has 0 radical (unpaired) electrons. The summed E-state index contributed by atoms with van der Waals surface area (Å²) in [6, 6.07) is 10.5. The van der Waals surface area contributed by atoms with Crippen LogP contribution in [0.4, 0.5) is 0 Å². The molecule has 1 aromatic carbocycles. The summed E-state index contributed by atoms with van der Waals surface area (Å²) in [4.78, 5) is 12.5. The van der Waals surface area contributed by atoms with E-state index in [1.54, 1.807) is 0 Å². The first kappa shape index (κ1) is 15.8. The molecule has 0 bridgehead atoms. The highest BCUT2D eigenvalue weighted by molar-refractivity contribution is 5.94. The SMILES string of the molecule is C[C@@H](CCc1ccccc1)NC(=O)c1noc2c1CCCCC2. The summed E-state index contributed by atoms with van der Waals surface area (Å²) in [5, 5.41) is 7.09. The normalized spacial score (nSPS) is 15.5. The standard InChI is InChI=1S/C19H24N2O2/c1-14(12-13-15-8-4-2-5-9-15)20-19(22)18-16-10-6-3-7-11-17(16)23-21-18/h2,4-5,8-9,14H,3,6-7,10-13H2,1H3,(H,20,22)/t14-/m0/s1. The van der Waals surface area contributed by atoms with Crippen LogP contribution >= 0.6 is 0 Å². The van der Waals surface area contributed by atoms with Gasteiger partial charge in [0.2, 0.25) is 0 Å². The average Bonchev–Trinajstić information content (AvgIpc) is 2.83. The predicted molar refractivity (Wildman–Crippen MR) is 89.5 cm³/mol. The molecular formula is C19H24N2O2. The van der Waals surface area contributed by atoms with E-state index in [0.29, 0.717) is 5.69 Å². The third-order valence-electron chi connectivity index (χ3n) is 4.50. The molecule has 1 atom stereocenters. The molecule has 0 unspecified atom stereocenters. The van der Waals surface area contributed by atoms with Gasteiger partial charge in [-0.05, 0) is 44.6 Å². The summed E-state index contributed by atoms with van der Waals surface area (Å²) >= 11 is 0. The predicted octanol–water partition coefficient (Wildman–Crippen LogP) is 3.69. The van der Waals surface area contributed by atoms with Crippen LogP contribution in [0.15, 0.2) is 34.9 Å². The van der Waals surface area contributed by atoms with Crippen molar-refractivity contribution < 1.29 is 9.32 Å². The smallest absolute Gasteiger partial charge is 0.273 e. The highest BCUT2D eigenvalue weighted by Gasteiger charge is 2.23. The summed E-state index contributed by atoms with van der Waals surface area (Å²) in [6.07, 6.45) is 7.10. The number of aromatic nitrogens is 1. The minimum atomic E-state index is -0.0996. The lowest BCUT2D eigenvalue weighted by Crippen LogP contribution is -2.33. The molecule has 1 aliphatic rings. The number of nitrogens with one attached hydrogen (secondary N) is 1. The van der Waals surface area contributed by atoms with Gasteiger partial charge in [0.25, 0.3) is 5.91 Å². The van der Waals surface area contributed by atoms with E-state index >= 15 is 0 Å². The Morgan fingerprint density at radius 3 is 2.83 bits per heavy atom. The van der Waals surface area contributed by atoms with Gasteiger partial charge < -0.3 is 9.84 Å². The third-order valence-corrected chi connectivity index (χ3v) is 4.50. The second-order valence-corrected chi connectivity index (χ2v) is 6.39. The molecular weight excluding hydrogens is 288 g/mol. The largest absolute Gasteiger partial charge is 0.360 e. The average molecular weight is 312 g/mol. The van der Waals surface area contributed by atoms with Gasteiger partial charge >= 0.3 is 0 Å². The highest BCUT2D eigenvalue weighted by Crippen LogP contribution is 2.23. The van der Waals surface area contributed by atoms with Gasteiger partial charge in [0.1, 0.15) is 5.76 Å². The number of carbonyl (C=O) groups excluding carboxylic acids is 1. The van der Waals surface area contributed by atoms with Crippen LogP contribution in [0.3, 0.4) is 0 Å². The zero-order valence-corrected chi connectivity index (χ0v) is 13.7. The lowest BCUT2D eigenvalue weighted by molar-refractivity contribution is 0.0928. The van der Waals surface area contributed by atoms with Crippen LogP contribution in [0.2, 0.25) is 0 Å². The van der Waals surface area contributed by atoms with Crippen molar-refractivity contribution in [2.24, 2.45) is 0 Å². The van der Waals surface area contributed by atoms with Crippen molar-refractivity contribution in [3.63, 3.8) is 0 Å². The molecule has 1 heterocycles. The molecule has 1 amide bonds. The Morgan fingerprint density at radius 2 is 2.00 bits per heavy atom. The Balaban J connectivity index is 1.57. The van der Waals surface area contributed by atoms with E-state index in [4.69, 9.17) is 4.52 Å². The number of hydrogen-bond acceptors (Lipinski definition) is 3. The Labute approximate surface area is 137 Å². The Morgan fingerprint density at radius 1 is 1.22 bits per heavy atom. The quantitative estimate of drug-likeness (QED) is 0.857. The van der Waals surface area contributed by atoms with E-state index in [0.717, 1.165) is 49.8 Å². The van der Waals surface area contributed by atoms with E-state index < -0.39 is 0 Å². The molecule has 1 aliphatic carbocycles. The van der Waals surface area contributed by atoms with Gasteiger partial charge in [0, 0.05) is 18.0 Å². The van der Waals surface area contributed by atoms with Gasteiger partial charge in [-0.25, -0.2) is 0 Å². The molecule has 2 aromatic rings. The van der Waals surface area contributed by atoms with Crippen molar-refractivity contribution in [3.8, 4) is 0 Å². The lowest BCUT2D eigenvalue weighted by atomic mass is 10.1. The summed E-state index contributed by atoms with van der Waals surface area (Å²) in [5.74, 6) is 0.807. The molecule has 3 rings (SSSR count). The van der Waals surface area contributed by atoms with Gasteiger partial charge in [-0.2, -0.15) is 0 Å². The van der Waals surface area contributed by atoms with Crippen molar-refractivity contribution in [2.45, 2.75) is 57.9 Å². The molecule has 23 heavy (non-hydrogen) atoms. The minimum absolute atomic E-state index is 0.0996. The molecule has 0 saturated carbocycles. The zero-order valence-electron chi connectivity index (χ0n) is 13.7. The third kappa shape index (κ3) is 4.01. The van der Waals surface area contributed by atoms with Crippen molar-refractivity contribution in [2.75, 3.05) is 0 Å². The first-order chi connectivity index (χ1) is 11.2. The molecule has 1 aromatic heterocycles. The number of benzene rings is 1. The molecule has 122 valence electrons. The highest BCUT2D eigenvalue weighted by atomic mass is 16.5. The monoisotopic (exact) mass is 312 g/mol. The molecule has 0 saturated heterocycles. The number of fused-ring (bicyclic) bond motifs is 1. The van der Waals surface area contributed by atoms with Gasteiger partial charge in [-0.15, -0.1) is 0 Å². The first-order valence-electron chi connectivity index (χ1n) is 8.56. The molecule has 4 heteroatoms. The van der Waals surface area contributed by atoms with Gasteiger partial charge in [0.15, 0.2) is 5.69 Å². The number of carbonyl (C=O) groups is 1. The summed E-state index contributed by atoms with van der Waals surface area (Å²) in [6.45, 7) is 2.04. The summed E-state index contributed by atoms with van der Waals surface area (Å²) < 4.78 is 5.39. The molecule has 1 N–H and O–H groups in total. The van der Waals surface area contributed by atoms with Crippen LogP contribution in [0, 0.1) is 0 Å². The number of amides is 1. The Bertz CT molecular complexity index is 649. The van der Waals surface area contributed by atoms with Gasteiger partial charge in [-0.1, -0.05) is 41.9 Å². The molecule has 0 aliphatic heterocycles. The van der Waals surface area contributed by atoms with Crippen LogP contribution in [0.5, 0.6) is 0 Å². The van der Waals surface area contributed by atoms with Crippen molar-refractivity contribution in [1.82, 2.24) is 10.5 Å². The van der Waals surface area contributed by atoms with E-state index in [2.05, 4.69) is 22.6 Å². The van der Waals surface area contributed by atoms with Crippen LogP contribution in [0.1, 0.15) is 60.0 Å². The van der Waals surface area contributed by atoms with Crippen LogP contribution < -0.4 is 5.32 Å².